The number of aliphatic hydroxyl groups is 1. The van der Waals surface area contributed by atoms with Crippen molar-refractivity contribution in [3.05, 3.63) is 10.6 Å². The summed E-state index contributed by atoms with van der Waals surface area (Å²) in [5.74, 6) is -1.84. The van der Waals surface area contributed by atoms with Crippen LogP contribution in [0.5, 0.6) is 0 Å². The zero-order valence-electron chi connectivity index (χ0n) is 9.88. The summed E-state index contributed by atoms with van der Waals surface area (Å²) in [6, 6.07) is -0.198. The maximum Gasteiger partial charge on any atom is 0.353 e. The highest BCUT2D eigenvalue weighted by molar-refractivity contribution is 8.02. The molecule has 1 saturated heterocycles. The molecule has 2 rings (SSSR count). The average molecular weight is 257 g/mol. The van der Waals surface area contributed by atoms with Crippen LogP contribution in [0.3, 0.4) is 0 Å². The second kappa shape index (κ2) is 4.03. The van der Waals surface area contributed by atoms with Crippen LogP contribution < -0.4 is 0 Å². The maximum absolute atomic E-state index is 11.9. The molecule has 6 heteroatoms. The summed E-state index contributed by atoms with van der Waals surface area (Å²) in [6.45, 7) is 3.48. The molecule has 17 heavy (non-hydrogen) atoms. The summed E-state index contributed by atoms with van der Waals surface area (Å²) in [5.41, 5.74) is 0.0944. The van der Waals surface area contributed by atoms with Crippen molar-refractivity contribution in [2.75, 3.05) is 6.26 Å². The highest BCUT2D eigenvalue weighted by Gasteiger charge is 2.59. The highest BCUT2D eigenvalue weighted by Crippen LogP contribution is 2.49. The monoisotopic (exact) mass is 257 g/mol. The number of carboxylic acid groups (broad SMARTS) is 1. The third kappa shape index (κ3) is 1.51. The molecule has 2 N–H and O–H groups in total. The van der Waals surface area contributed by atoms with Gasteiger partial charge in [0.25, 0.3) is 0 Å². The quantitative estimate of drug-likeness (QED) is 0.720. The summed E-state index contributed by atoms with van der Waals surface area (Å²) >= 11 is 1.36. The molecule has 0 aromatic heterocycles. The minimum atomic E-state index is -1.07. The molecule has 0 saturated carbocycles. The van der Waals surface area contributed by atoms with Crippen LogP contribution in [0.1, 0.15) is 13.8 Å². The maximum atomic E-state index is 11.9. The lowest BCUT2D eigenvalue weighted by Crippen LogP contribution is -2.63. The van der Waals surface area contributed by atoms with Crippen molar-refractivity contribution >= 4 is 23.6 Å². The number of thioether (sulfide) groups is 1. The molecule has 2 heterocycles. The predicted molar refractivity (Wildman–Crippen MR) is 63.1 cm³/mol. The van der Waals surface area contributed by atoms with Crippen LogP contribution in [-0.2, 0) is 9.59 Å². The first kappa shape index (κ1) is 12.4. The van der Waals surface area contributed by atoms with Gasteiger partial charge >= 0.3 is 5.97 Å². The van der Waals surface area contributed by atoms with E-state index < -0.39 is 18.0 Å². The molecule has 0 aliphatic carbocycles. The number of amides is 1. The van der Waals surface area contributed by atoms with E-state index in [1.807, 2.05) is 13.2 Å². The molecule has 0 radical (unpaired) electrons. The fourth-order valence-corrected chi connectivity index (χ4v) is 3.69. The number of carbonyl (C=O) groups excluding carboxylic acids is 1. The van der Waals surface area contributed by atoms with Crippen LogP contribution in [0, 0.1) is 11.8 Å². The Morgan fingerprint density at radius 3 is 2.53 bits per heavy atom. The number of rotatable bonds is 3. The van der Waals surface area contributed by atoms with E-state index in [1.54, 1.807) is 6.92 Å². The van der Waals surface area contributed by atoms with Crippen LogP contribution in [0.15, 0.2) is 10.6 Å². The van der Waals surface area contributed by atoms with Gasteiger partial charge in [-0.05, 0) is 13.2 Å². The van der Waals surface area contributed by atoms with Gasteiger partial charge in [-0.2, -0.15) is 0 Å². The zero-order chi connectivity index (χ0) is 12.9. The summed E-state index contributed by atoms with van der Waals surface area (Å²) in [7, 11) is 0. The topological polar surface area (TPSA) is 77.8 Å². The van der Waals surface area contributed by atoms with Gasteiger partial charge in [-0.1, -0.05) is 6.92 Å². The molecule has 0 aromatic rings. The van der Waals surface area contributed by atoms with E-state index in [4.69, 9.17) is 5.11 Å². The fourth-order valence-electron chi connectivity index (χ4n) is 2.80. The molecular formula is C11H15NO4S. The highest BCUT2D eigenvalue weighted by atomic mass is 32.2. The molecule has 2 aliphatic rings. The second-order valence-corrected chi connectivity index (χ2v) is 5.32. The van der Waals surface area contributed by atoms with Gasteiger partial charge in [-0.3, -0.25) is 4.79 Å². The number of fused-ring (bicyclic) bond motifs is 1. The molecule has 0 aromatic carbocycles. The third-order valence-electron chi connectivity index (χ3n) is 3.53. The van der Waals surface area contributed by atoms with Crippen molar-refractivity contribution in [3.63, 3.8) is 0 Å². The molecule has 0 spiro atoms. The van der Waals surface area contributed by atoms with Crippen molar-refractivity contribution in [3.8, 4) is 0 Å². The van der Waals surface area contributed by atoms with Gasteiger partial charge in [0.15, 0.2) is 0 Å². The van der Waals surface area contributed by atoms with Crippen molar-refractivity contribution < 1.29 is 19.8 Å². The van der Waals surface area contributed by atoms with E-state index in [9.17, 15) is 14.7 Å². The lowest BCUT2D eigenvalue weighted by molar-refractivity contribution is -0.163. The molecule has 4 atom stereocenters. The van der Waals surface area contributed by atoms with Crippen LogP contribution in [-0.4, -0.2) is 45.4 Å². The van der Waals surface area contributed by atoms with E-state index in [0.29, 0.717) is 0 Å². The summed E-state index contributed by atoms with van der Waals surface area (Å²) in [4.78, 5) is 25.1. The summed E-state index contributed by atoms with van der Waals surface area (Å²) in [5, 5.41) is 18.7. The zero-order valence-corrected chi connectivity index (χ0v) is 10.7. The number of hydrogen-bond acceptors (Lipinski definition) is 4. The fraction of sp³-hybridized carbons (Fsp3) is 0.636. The van der Waals surface area contributed by atoms with Crippen LogP contribution in [0.4, 0.5) is 0 Å². The number of aliphatic carboxylic acids is 1. The van der Waals surface area contributed by atoms with Gasteiger partial charge in [-0.25, -0.2) is 4.79 Å². The van der Waals surface area contributed by atoms with Gasteiger partial charge in [0.05, 0.1) is 18.1 Å². The lowest BCUT2D eigenvalue weighted by Gasteiger charge is -2.46. The van der Waals surface area contributed by atoms with E-state index >= 15 is 0 Å². The Balaban J connectivity index is 2.39. The second-order valence-electron chi connectivity index (χ2n) is 4.48. The van der Waals surface area contributed by atoms with Crippen molar-refractivity contribution in [2.24, 2.45) is 11.8 Å². The van der Waals surface area contributed by atoms with Crippen LogP contribution >= 0.6 is 11.8 Å². The molecule has 3 unspecified atom stereocenters. The number of carboxylic acids is 1. The van der Waals surface area contributed by atoms with E-state index in [2.05, 4.69) is 0 Å². The van der Waals surface area contributed by atoms with E-state index in [0.717, 1.165) is 4.91 Å². The first-order valence-corrected chi connectivity index (χ1v) is 6.66. The van der Waals surface area contributed by atoms with Gasteiger partial charge in [0.2, 0.25) is 5.91 Å². The van der Waals surface area contributed by atoms with Gasteiger partial charge in [0, 0.05) is 10.8 Å². The van der Waals surface area contributed by atoms with Gasteiger partial charge in [-0.15, -0.1) is 11.8 Å². The Labute approximate surface area is 103 Å². The number of β-lactam (4-membered cyclic amide) rings is 1. The average Bonchev–Trinajstić information content (AvgIpc) is 2.47. The minimum absolute atomic E-state index is 0.0200. The SMILES string of the molecule is CSC1=C(C(=O)O)N2C(=O)C(C(C)O)C2[C@H]1C. The number of nitrogens with zero attached hydrogens (tertiary/aromatic N) is 1. The third-order valence-corrected chi connectivity index (χ3v) is 4.54. The molecule has 1 amide bonds. The Kier molecular flexibility index (Phi) is 2.95. The van der Waals surface area contributed by atoms with Crippen LogP contribution in [0.25, 0.3) is 0 Å². The Morgan fingerprint density at radius 2 is 2.12 bits per heavy atom. The number of hydrogen-bond donors (Lipinski definition) is 2. The predicted octanol–water partition coefficient (Wildman–Crippen LogP) is 0.503. The minimum Gasteiger partial charge on any atom is -0.477 e. The van der Waals surface area contributed by atoms with E-state index in [1.165, 1.54) is 16.7 Å². The molecule has 1 fully saturated rings. The number of carbonyl (C=O) groups is 2. The summed E-state index contributed by atoms with van der Waals surface area (Å²) < 4.78 is 0. The Morgan fingerprint density at radius 1 is 1.53 bits per heavy atom. The normalized spacial score (nSPS) is 33.5. The smallest absolute Gasteiger partial charge is 0.353 e. The largest absolute Gasteiger partial charge is 0.477 e. The molecule has 2 aliphatic heterocycles. The number of aliphatic hydroxyl groups excluding tert-OH is 1. The van der Waals surface area contributed by atoms with Crippen molar-refractivity contribution in [1.29, 1.82) is 0 Å². The standard InChI is InChI=1S/C11H15NO4S/c1-4-7-6(5(2)13)10(14)12(7)8(11(15)16)9(4)17-3/h4-7,13H,1-3H3,(H,15,16)/t4-,5?,6?,7?/m1/s1. The lowest BCUT2D eigenvalue weighted by atomic mass is 9.79. The van der Waals surface area contributed by atoms with Crippen molar-refractivity contribution in [1.82, 2.24) is 4.90 Å². The summed E-state index contributed by atoms with van der Waals surface area (Å²) in [6.07, 6.45) is 1.07. The first-order chi connectivity index (χ1) is 7.91. The Bertz CT molecular complexity index is 418. The molecule has 94 valence electrons. The molecule has 0 bridgehead atoms. The van der Waals surface area contributed by atoms with Crippen LogP contribution in [0.2, 0.25) is 0 Å². The van der Waals surface area contributed by atoms with Crippen molar-refractivity contribution in [2.45, 2.75) is 26.0 Å². The van der Waals surface area contributed by atoms with Gasteiger partial charge < -0.3 is 15.1 Å². The molecule has 5 nitrogen and oxygen atoms in total. The van der Waals surface area contributed by atoms with Gasteiger partial charge in [0.1, 0.15) is 5.70 Å². The first-order valence-electron chi connectivity index (χ1n) is 5.44. The van der Waals surface area contributed by atoms with E-state index in [-0.39, 0.29) is 23.6 Å². The molecular weight excluding hydrogens is 242 g/mol. The Hall–Kier alpha value is -1.01.